The molecule has 3 atom stereocenters. The van der Waals surface area contributed by atoms with Crippen LogP contribution in [0.4, 0.5) is 5.82 Å². The predicted molar refractivity (Wildman–Crippen MR) is 64.4 cm³/mol. The van der Waals surface area contributed by atoms with E-state index < -0.39 is 6.29 Å². The van der Waals surface area contributed by atoms with Gasteiger partial charge in [0.25, 0.3) is 0 Å². The van der Waals surface area contributed by atoms with Crippen molar-refractivity contribution in [3.05, 3.63) is 12.7 Å². The summed E-state index contributed by atoms with van der Waals surface area (Å²) in [5.41, 5.74) is 7.02. The summed E-state index contributed by atoms with van der Waals surface area (Å²) in [6, 6.07) is 0. The first-order valence-corrected chi connectivity index (χ1v) is 5.90. The summed E-state index contributed by atoms with van der Waals surface area (Å²) < 4.78 is 7.34. The average molecular weight is 249 g/mol. The fourth-order valence-corrected chi connectivity index (χ4v) is 2.31. The average Bonchev–Trinajstić information content (AvgIpc) is 2.86. The maximum atomic E-state index is 9.46. The highest BCUT2D eigenvalue weighted by atomic mass is 16.6. The lowest BCUT2D eigenvalue weighted by Crippen LogP contribution is -2.21. The molecular formula is C11H15N5O2. The maximum absolute atomic E-state index is 9.46. The van der Waals surface area contributed by atoms with Gasteiger partial charge >= 0.3 is 0 Å². The zero-order valence-electron chi connectivity index (χ0n) is 10.0. The Bertz CT molecular complexity index is 570. The number of imidazole rings is 1. The van der Waals surface area contributed by atoms with E-state index >= 15 is 0 Å². The van der Waals surface area contributed by atoms with Gasteiger partial charge in [-0.2, -0.15) is 0 Å². The highest BCUT2D eigenvalue weighted by molar-refractivity contribution is 5.81. The van der Waals surface area contributed by atoms with Gasteiger partial charge in [0.1, 0.15) is 11.8 Å². The second kappa shape index (κ2) is 4.18. The first-order valence-electron chi connectivity index (χ1n) is 5.90. The number of hydrogen-bond donors (Lipinski definition) is 2. The molecule has 0 aromatic carbocycles. The van der Waals surface area contributed by atoms with Gasteiger partial charge in [-0.15, -0.1) is 0 Å². The number of nitrogen functional groups attached to an aromatic ring is 1. The molecule has 3 N–H and O–H groups in total. The van der Waals surface area contributed by atoms with Gasteiger partial charge in [-0.25, -0.2) is 15.0 Å². The predicted octanol–water partition coefficient (Wildman–Crippen LogP) is 0.152. The Kier molecular flexibility index (Phi) is 2.64. The molecule has 0 saturated carbocycles. The Morgan fingerprint density at radius 2 is 2.33 bits per heavy atom. The Morgan fingerprint density at radius 1 is 1.50 bits per heavy atom. The molecule has 0 aliphatic carbocycles. The minimum Gasteiger partial charge on any atom is -0.382 e. The second-order valence-corrected chi connectivity index (χ2v) is 4.67. The van der Waals surface area contributed by atoms with Crippen LogP contribution in [0.15, 0.2) is 12.7 Å². The molecule has 2 aromatic heterocycles. The van der Waals surface area contributed by atoms with Gasteiger partial charge in [-0.1, -0.05) is 6.92 Å². The first-order chi connectivity index (χ1) is 8.65. The zero-order valence-corrected chi connectivity index (χ0v) is 10.0. The van der Waals surface area contributed by atoms with Crippen molar-refractivity contribution in [2.45, 2.75) is 32.3 Å². The number of fused-ring (bicyclic) bond motifs is 1. The Morgan fingerprint density at radius 3 is 3.06 bits per heavy atom. The summed E-state index contributed by atoms with van der Waals surface area (Å²) in [7, 11) is 0. The Labute approximate surface area is 104 Å². The lowest BCUT2D eigenvalue weighted by Gasteiger charge is -2.15. The molecule has 0 bridgehead atoms. The minimum absolute atomic E-state index is 0.0337. The van der Waals surface area contributed by atoms with Crippen LogP contribution < -0.4 is 5.73 Å². The van der Waals surface area contributed by atoms with Crippen molar-refractivity contribution in [1.82, 2.24) is 19.5 Å². The van der Waals surface area contributed by atoms with Crippen molar-refractivity contribution in [2.75, 3.05) is 5.73 Å². The molecule has 3 heterocycles. The van der Waals surface area contributed by atoms with Crippen molar-refractivity contribution in [1.29, 1.82) is 0 Å². The van der Waals surface area contributed by atoms with Crippen molar-refractivity contribution in [2.24, 2.45) is 5.92 Å². The van der Waals surface area contributed by atoms with Crippen LogP contribution in [0.2, 0.25) is 0 Å². The Hall–Kier alpha value is -1.73. The lowest BCUT2D eigenvalue weighted by molar-refractivity contribution is -0.0951. The van der Waals surface area contributed by atoms with Gasteiger partial charge in [0.15, 0.2) is 17.8 Å². The molecule has 96 valence electrons. The summed E-state index contributed by atoms with van der Waals surface area (Å²) in [5.74, 6) is 0.677. The third-order valence-electron chi connectivity index (χ3n) is 3.35. The van der Waals surface area contributed by atoms with E-state index in [0.29, 0.717) is 35.9 Å². The second-order valence-electron chi connectivity index (χ2n) is 4.67. The third kappa shape index (κ3) is 1.81. The smallest absolute Gasteiger partial charge is 0.165 e. The van der Waals surface area contributed by atoms with E-state index in [9.17, 15) is 5.11 Å². The number of hydrogen-bond acceptors (Lipinski definition) is 6. The van der Waals surface area contributed by atoms with Crippen molar-refractivity contribution < 1.29 is 9.84 Å². The number of aromatic nitrogens is 4. The standard InChI is InChI=1S/C11H15N5O2/c1-6-2-8(17)18-7(6)3-16-5-15-9-10(12)13-4-14-11(9)16/h4-8,17H,2-3H2,1H3,(H2,12,13,14)/t6-,7?,8-/m0/s1. The van der Waals surface area contributed by atoms with Crippen LogP contribution in [0.3, 0.4) is 0 Å². The minimum atomic E-state index is -0.667. The number of ether oxygens (including phenoxy) is 1. The van der Waals surface area contributed by atoms with E-state index in [0.717, 1.165) is 0 Å². The zero-order chi connectivity index (χ0) is 12.7. The van der Waals surface area contributed by atoms with Crippen LogP contribution in [0, 0.1) is 5.92 Å². The number of aliphatic hydroxyl groups excluding tert-OH is 1. The fourth-order valence-electron chi connectivity index (χ4n) is 2.31. The van der Waals surface area contributed by atoms with Gasteiger partial charge in [-0.05, 0) is 5.92 Å². The van der Waals surface area contributed by atoms with E-state index in [4.69, 9.17) is 10.5 Å². The largest absolute Gasteiger partial charge is 0.382 e. The molecule has 1 saturated heterocycles. The van der Waals surface area contributed by atoms with E-state index in [1.807, 2.05) is 4.57 Å². The van der Waals surface area contributed by atoms with Crippen LogP contribution in [-0.4, -0.2) is 37.0 Å². The molecule has 0 radical (unpaired) electrons. The van der Waals surface area contributed by atoms with Crippen LogP contribution in [0.1, 0.15) is 13.3 Å². The normalized spacial score (nSPS) is 28.0. The molecular weight excluding hydrogens is 234 g/mol. The summed E-state index contributed by atoms with van der Waals surface area (Å²) in [6.45, 7) is 2.66. The van der Waals surface area contributed by atoms with Crippen molar-refractivity contribution in [3.8, 4) is 0 Å². The van der Waals surface area contributed by atoms with Gasteiger partial charge in [0.05, 0.1) is 19.0 Å². The van der Waals surface area contributed by atoms with Gasteiger partial charge in [-0.3, -0.25) is 0 Å². The van der Waals surface area contributed by atoms with Crippen LogP contribution in [-0.2, 0) is 11.3 Å². The molecule has 1 aliphatic heterocycles. The molecule has 1 aliphatic rings. The van der Waals surface area contributed by atoms with E-state index in [1.165, 1.54) is 6.33 Å². The number of aliphatic hydroxyl groups is 1. The third-order valence-corrected chi connectivity index (χ3v) is 3.35. The molecule has 18 heavy (non-hydrogen) atoms. The quantitative estimate of drug-likeness (QED) is 0.786. The summed E-state index contributed by atoms with van der Waals surface area (Å²) in [5, 5.41) is 9.46. The topological polar surface area (TPSA) is 99.1 Å². The maximum Gasteiger partial charge on any atom is 0.165 e. The molecule has 1 fully saturated rings. The van der Waals surface area contributed by atoms with Crippen LogP contribution >= 0.6 is 0 Å². The van der Waals surface area contributed by atoms with Crippen LogP contribution in [0.5, 0.6) is 0 Å². The number of nitrogens with two attached hydrogens (primary N) is 1. The molecule has 3 rings (SSSR count). The first kappa shape index (κ1) is 11.4. The van der Waals surface area contributed by atoms with Crippen molar-refractivity contribution in [3.63, 3.8) is 0 Å². The van der Waals surface area contributed by atoms with E-state index in [-0.39, 0.29) is 6.10 Å². The van der Waals surface area contributed by atoms with Gasteiger partial charge in [0.2, 0.25) is 0 Å². The SMILES string of the molecule is C[C@H]1C[C@@H](O)OC1Cn1cnc2c(N)ncnc21. The van der Waals surface area contributed by atoms with E-state index in [1.54, 1.807) is 6.33 Å². The van der Waals surface area contributed by atoms with E-state index in [2.05, 4.69) is 21.9 Å². The monoisotopic (exact) mass is 249 g/mol. The summed E-state index contributed by atoms with van der Waals surface area (Å²) in [4.78, 5) is 12.3. The molecule has 7 nitrogen and oxygen atoms in total. The van der Waals surface area contributed by atoms with Gasteiger partial charge < -0.3 is 20.1 Å². The van der Waals surface area contributed by atoms with Crippen molar-refractivity contribution >= 4 is 17.0 Å². The summed E-state index contributed by atoms with van der Waals surface area (Å²) in [6.07, 6.45) is 3.06. The number of anilines is 1. The molecule has 7 heteroatoms. The lowest BCUT2D eigenvalue weighted by atomic mass is 10.0. The van der Waals surface area contributed by atoms with Crippen LogP contribution in [0.25, 0.3) is 11.2 Å². The molecule has 2 aromatic rings. The Balaban J connectivity index is 1.89. The highest BCUT2D eigenvalue weighted by Crippen LogP contribution is 2.26. The number of rotatable bonds is 2. The fraction of sp³-hybridized carbons (Fsp3) is 0.545. The molecule has 0 amide bonds. The summed E-state index contributed by atoms with van der Waals surface area (Å²) >= 11 is 0. The molecule has 1 unspecified atom stereocenters. The van der Waals surface area contributed by atoms with Gasteiger partial charge in [0, 0.05) is 6.42 Å². The molecule has 0 spiro atoms. The highest BCUT2D eigenvalue weighted by Gasteiger charge is 2.31. The number of nitrogens with zero attached hydrogens (tertiary/aromatic N) is 4.